The van der Waals surface area contributed by atoms with E-state index in [0.717, 1.165) is 25.0 Å². The Morgan fingerprint density at radius 2 is 2.00 bits per heavy atom. The van der Waals surface area contributed by atoms with Gasteiger partial charge in [-0.3, -0.25) is 4.68 Å². The van der Waals surface area contributed by atoms with Crippen molar-refractivity contribution in [3.8, 4) is 5.75 Å². The molecule has 2 rings (SSSR count). The molecule has 0 bridgehead atoms. The fourth-order valence-electron chi connectivity index (χ4n) is 2.33. The Morgan fingerprint density at radius 1 is 1.25 bits per heavy atom. The van der Waals surface area contributed by atoms with Crippen LogP contribution in [-0.2, 0) is 19.9 Å². The van der Waals surface area contributed by atoms with Crippen molar-refractivity contribution < 1.29 is 4.74 Å². The summed E-state index contributed by atoms with van der Waals surface area (Å²) >= 11 is 6.11. The molecule has 4 heteroatoms. The molecule has 0 amide bonds. The van der Waals surface area contributed by atoms with Crippen LogP contribution in [-0.4, -0.2) is 22.8 Å². The van der Waals surface area contributed by atoms with Crippen molar-refractivity contribution in [2.75, 3.05) is 13.0 Å². The second-order valence-electron chi connectivity index (χ2n) is 5.06. The minimum Gasteiger partial charge on any atom is -0.497 e. The normalized spacial score (nSPS) is 12.3. The molecule has 1 atom stereocenters. The van der Waals surface area contributed by atoms with E-state index in [2.05, 4.69) is 23.3 Å². The highest BCUT2D eigenvalue weighted by molar-refractivity contribution is 6.18. The van der Waals surface area contributed by atoms with Gasteiger partial charge in [0.05, 0.1) is 7.11 Å². The van der Waals surface area contributed by atoms with Gasteiger partial charge in [-0.05, 0) is 48.9 Å². The van der Waals surface area contributed by atoms with Crippen molar-refractivity contribution in [2.24, 2.45) is 13.0 Å². The van der Waals surface area contributed by atoms with E-state index in [1.807, 2.05) is 30.1 Å². The number of ether oxygens (including phenoxy) is 1. The molecule has 1 heterocycles. The van der Waals surface area contributed by atoms with E-state index >= 15 is 0 Å². The number of methoxy groups -OCH3 is 1. The fourth-order valence-corrected chi connectivity index (χ4v) is 2.59. The summed E-state index contributed by atoms with van der Waals surface area (Å²) in [6.07, 6.45) is 4.94. The predicted molar refractivity (Wildman–Crippen MR) is 82.4 cm³/mol. The van der Waals surface area contributed by atoms with Gasteiger partial charge < -0.3 is 4.74 Å². The SMILES string of the molecule is COc1ccc(CC(CCl)CCc2ccnn2C)cc1. The molecule has 2 aromatic rings. The molecule has 1 unspecified atom stereocenters. The van der Waals surface area contributed by atoms with E-state index in [1.54, 1.807) is 7.11 Å². The van der Waals surface area contributed by atoms with E-state index in [4.69, 9.17) is 16.3 Å². The molecule has 0 fully saturated rings. The number of aromatic nitrogens is 2. The van der Waals surface area contributed by atoms with Crippen molar-refractivity contribution in [2.45, 2.75) is 19.3 Å². The molecule has 1 aromatic heterocycles. The van der Waals surface area contributed by atoms with Gasteiger partial charge in [-0.1, -0.05) is 12.1 Å². The van der Waals surface area contributed by atoms with E-state index in [9.17, 15) is 0 Å². The number of hydrogen-bond donors (Lipinski definition) is 0. The predicted octanol–water partition coefficient (Wildman–Crippen LogP) is 3.46. The van der Waals surface area contributed by atoms with Crippen LogP contribution in [0.15, 0.2) is 36.5 Å². The maximum atomic E-state index is 6.11. The third-order valence-corrected chi connectivity index (χ3v) is 4.07. The first-order valence-corrected chi connectivity index (χ1v) is 7.42. The van der Waals surface area contributed by atoms with Gasteiger partial charge in [0.15, 0.2) is 0 Å². The fraction of sp³-hybridized carbons (Fsp3) is 0.438. The van der Waals surface area contributed by atoms with Crippen molar-refractivity contribution in [1.82, 2.24) is 9.78 Å². The van der Waals surface area contributed by atoms with Crippen LogP contribution >= 0.6 is 11.6 Å². The molecule has 0 spiro atoms. The Hall–Kier alpha value is -1.48. The van der Waals surface area contributed by atoms with E-state index in [1.165, 1.54) is 11.3 Å². The van der Waals surface area contributed by atoms with Crippen LogP contribution in [0.3, 0.4) is 0 Å². The van der Waals surface area contributed by atoms with Crippen LogP contribution < -0.4 is 4.74 Å². The molecule has 3 nitrogen and oxygen atoms in total. The summed E-state index contributed by atoms with van der Waals surface area (Å²) in [7, 11) is 3.67. The number of alkyl halides is 1. The van der Waals surface area contributed by atoms with Crippen LogP contribution in [0, 0.1) is 5.92 Å². The number of rotatable bonds is 7. The lowest BCUT2D eigenvalue weighted by Crippen LogP contribution is -2.09. The molecule has 0 saturated carbocycles. The number of hydrogen-bond acceptors (Lipinski definition) is 2. The lowest BCUT2D eigenvalue weighted by atomic mass is 9.95. The minimum atomic E-state index is 0.486. The number of aryl methyl sites for hydroxylation is 2. The zero-order chi connectivity index (χ0) is 14.4. The van der Waals surface area contributed by atoms with Crippen molar-refractivity contribution in [3.63, 3.8) is 0 Å². The topological polar surface area (TPSA) is 27.1 Å². The molecule has 108 valence electrons. The minimum absolute atomic E-state index is 0.486. The molecular weight excluding hydrogens is 272 g/mol. The third-order valence-electron chi connectivity index (χ3n) is 3.63. The zero-order valence-corrected chi connectivity index (χ0v) is 12.8. The Labute approximate surface area is 125 Å². The zero-order valence-electron chi connectivity index (χ0n) is 12.1. The van der Waals surface area contributed by atoms with Crippen LogP contribution in [0.5, 0.6) is 5.75 Å². The highest BCUT2D eigenvalue weighted by Crippen LogP contribution is 2.19. The van der Waals surface area contributed by atoms with Crippen molar-refractivity contribution in [3.05, 3.63) is 47.8 Å². The number of nitrogens with zero attached hydrogens (tertiary/aromatic N) is 2. The molecule has 20 heavy (non-hydrogen) atoms. The molecule has 0 aliphatic rings. The van der Waals surface area contributed by atoms with E-state index < -0.39 is 0 Å². The van der Waals surface area contributed by atoms with Gasteiger partial charge in [0.1, 0.15) is 5.75 Å². The van der Waals surface area contributed by atoms with Crippen molar-refractivity contribution in [1.29, 1.82) is 0 Å². The molecule has 0 N–H and O–H groups in total. The number of halogens is 1. The standard InChI is InChI=1S/C16H21ClN2O/c1-19-15(9-10-18-19)6-3-14(12-17)11-13-4-7-16(20-2)8-5-13/h4-5,7-10,14H,3,6,11-12H2,1-2H3. The lowest BCUT2D eigenvalue weighted by Gasteiger charge is -2.14. The summed E-state index contributed by atoms with van der Waals surface area (Å²) in [5.41, 5.74) is 2.57. The van der Waals surface area contributed by atoms with Crippen LogP contribution in [0.25, 0.3) is 0 Å². The summed E-state index contributed by atoms with van der Waals surface area (Å²) in [4.78, 5) is 0. The lowest BCUT2D eigenvalue weighted by molar-refractivity contribution is 0.414. The summed E-state index contributed by atoms with van der Waals surface area (Å²) in [6, 6.07) is 10.3. The largest absolute Gasteiger partial charge is 0.497 e. The average Bonchev–Trinajstić information content (AvgIpc) is 2.89. The van der Waals surface area contributed by atoms with Crippen LogP contribution in [0.1, 0.15) is 17.7 Å². The highest BCUT2D eigenvalue weighted by atomic mass is 35.5. The first kappa shape index (κ1) is 14.9. The van der Waals surface area contributed by atoms with E-state index in [0.29, 0.717) is 11.8 Å². The Kier molecular flexibility index (Phi) is 5.48. The van der Waals surface area contributed by atoms with Crippen molar-refractivity contribution >= 4 is 11.6 Å². The molecule has 0 saturated heterocycles. The Morgan fingerprint density at radius 3 is 2.55 bits per heavy atom. The molecule has 0 radical (unpaired) electrons. The Bertz CT molecular complexity index is 522. The van der Waals surface area contributed by atoms with Gasteiger partial charge in [0, 0.05) is 24.8 Å². The maximum Gasteiger partial charge on any atom is 0.118 e. The third kappa shape index (κ3) is 4.01. The monoisotopic (exact) mass is 292 g/mol. The van der Waals surface area contributed by atoms with Gasteiger partial charge in [0.2, 0.25) is 0 Å². The maximum absolute atomic E-state index is 6.11. The van der Waals surface area contributed by atoms with Crippen LogP contribution in [0.4, 0.5) is 0 Å². The van der Waals surface area contributed by atoms with Crippen LogP contribution in [0.2, 0.25) is 0 Å². The van der Waals surface area contributed by atoms with Gasteiger partial charge in [-0.2, -0.15) is 5.10 Å². The quantitative estimate of drug-likeness (QED) is 0.731. The first-order chi connectivity index (χ1) is 9.72. The smallest absolute Gasteiger partial charge is 0.118 e. The second-order valence-corrected chi connectivity index (χ2v) is 5.37. The van der Waals surface area contributed by atoms with Gasteiger partial charge in [-0.25, -0.2) is 0 Å². The summed E-state index contributed by atoms with van der Waals surface area (Å²) < 4.78 is 7.10. The van der Waals surface area contributed by atoms with Gasteiger partial charge in [0.25, 0.3) is 0 Å². The summed E-state index contributed by atoms with van der Waals surface area (Å²) in [5.74, 6) is 2.06. The summed E-state index contributed by atoms with van der Waals surface area (Å²) in [6.45, 7) is 0. The van der Waals surface area contributed by atoms with E-state index in [-0.39, 0.29) is 0 Å². The molecule has 0 aliphatic carbocycles. The average molecular weight is 293 g/mol. The number of benzene rings is 1. The molecular formula is C16H21ClN2O. The summed E-state index contributed by atoms with van der Waals surface area (Å²) in [5, 5.41) is 4.19. The molecule has 0 aliphatic heterocycles. The Balaban J connectivity index is 1.89. The van der Waals surface area contributed by atoms with Gasteiger partial charge in [-0.15, -0.1) is 11.6 Å². The first-order valence-electron chi connectivity index (χ1n) is 6.88. The highest BCUT2D eigenvalue weighted by Gasteiger charge is 2.10. The second kappa shape index (κ2) is 7.34. The molecule has 1 aromatic carbocycles. The van der Waals surface area contributed by atoms with Gasteiger partial charge >= 0.3 is 0 Å².